The van der Waals surface area contributed by atoms with Crippen molar-refractivity contribution >= 4 is 0 Å². The molecule has 0 aliphatic carbocycles. The van der Waals surface area contributed by atoms with Crippen LogP contribution in [0.4, 0.5) is 0 Å². The molecule has 0 aliphatic rings. The number of methoxy groups -OCH3 is 1. The third-order valence-corrected chi connectivity index (χ3v) is 2.49. The molecule has 0 amide bonds. The Bertz CT molecular complexity index is 187. The van der Waals surface area contributed by atoms with Gasteiger partial charge in [0.1, 0.15) is 5.76 Å². The van der Waals surface area contributed by atoms with Crippen molar-refractivity contribution in [3.63, 3.8) is 0 Å². The van der Waals surface area contributed by atoms with Crippen LogP contribution in [0.25, 0.3) is 0 Å². The minimum atomic E-state index is 0.556. The lowest BCUT2D eigenvalue weighted by molar-refractivity contribution is 0.308. The van der Waals surface area contributed by atoms with Crippen LogP contribution in [0.5, 0.6) is 0 Å². The van der Waals surface area contributed by atoms with Gasteiger partial charge in [-0.25, -0.2) is 0 Å². The van der Waals surface area contributed by atoms with E-state index < -0.39 is 0 Å². The molecule has 0 aromatic rings. The van der Waals surface area contributed by atoms with E-state index in [4.69, 9.17) is 4.74 Å². The van der Waals surface area contributed by atoms with Crippen molar-refractivity contribution < 1.29 is 4.74 Å². The van der Waals surface area contributed by atoms with Gasteiger partial charge in [-0.1, -0.05) is 19.6 Å². The largest absolute Gasteiger partial charge is 0.497 e. The highest BCUT2D eigenvalue weighted by Crippen LogP contribution is 2.13. The van der Waals surface area contributed by atoms with Crippen molar-refractivity contribution in [3.05, 3.63) is 24.5 Å². The van der Waals surface area contributed by atoms with Gasteiger partial charge in [0, 0.05) is 6.04 Å². The molecule has 0 saturated heterocycles. The molecule has 0 rings (SSSR count). The minimum Gasteiger partial charge on any atom is -0.497 e. The third kappa shape index (κ3) is 5.81. The van der Waals surface area contributed by atoms with Crippen molar-refractivity contribution in [2.45, 2.75) is 32.7 Å². The van der Waals surface area contributed by atoms with Gasteiger partial charge in [0.25, 0.3) is 0 Å². The Hall–Kier alpha value is -0.760. The highest BCUT2D eigenvalue weighted by molar-refractivity contribution is 5.08. The van der Waals surface area contributed by atoms with Gasteiger partial charge in [-0.2, -0.15) is 0 Å². The van der Waals surface area contributed by atoms with Crippen LogP contribution < -0.4 is 5.32 Å². The Labute approximate surface area is 88.0 Å². The molecule has 2 nitrogen and oxygen atoms in total. The molecule has 2 heteroatoms. The molecule has 0 heterocycles. The fraction of sp³-hybridized carbons (Fsp3) is 0.667. The average Bonchev–Trinajstić information content (AvgIpc) is 2.22. The summed E-state index contributed by atoms with van der Waals surface area (Å²) in [4.78, 5) is 0. The molecular weight excluding hydrogens is 174 g/mol. The standard InChI is InChI=1S/C12H23NO/c1-6-12(9-10(2)13-4)8-7-11(3)14-5/h7-8,10,12-13H,3,6,9H2,1-2,4-5H3/b8-7-. The van der Waals surface area contributed by atoms with E-state index in [-0.39, 0.29) is 0 Å². The van der Waals surface area contributed by atoms with E-state index in [9.17, 15) is 0 Å². The van der Waals surface area contributed by atoms with E-state index in [1.807, 2.05) is 13.1 Å². The van der Waals surface area contributed by atoms with Gasteiger partial charge in [-0.15, -0.1) is 0 Å². The van der Waals surface area contributed by atoms with Gasteiger partial charge in [0.2, 0.25) is 0 Å². The zero-order valence-corrected chi connectivity index (χ0v) is 9.84. The van der Waals surface area contributed by atoms with Crippen LogP contribution in [0, 0.1) is 5.92 Å². The monoisotopic (exact) mass is 197 g/mol. The number of hydrogen-bond donors (Lipinski definition) is 1. The van der Waals surface area contributed by atoms with E-state index in [1.54, 1.807) is 7.11 Å². The zero-order chi connectivity index (χ0) is 11.0. The summed E-state index contributed by atoms with van der Waals surface area (Å²) >= 11 is 0. The second kappa shape index (κ2) is 7.63. The first-order valence-electron chi connectivity index (χ1n) is 5.22. The molecule has 82 valence electrons. The van der Waals surface area contributed by atoms with Crippen molar-refractivity contribution in [3.8, 4) is 0 Å². The van der Waals surface area contributed by atoms with E-state index >= 15 is 0 Å². The molecule has 14 heavy (non-hydrogen) atoms. The van der Waals surface area contributed by atoms with Gasteiger partial charge in [-0.3, -0.25) is 0 Å². The summed E-state index contributed by atoms with van der Waals surface area (Å²) in [7, 11) is 3.64. The summed E-state index contributed by atoms with van der Waals surface area (Å²) in [6, 6.07) is 0.556. The number of ether oxygens (including phenoxy) is 1. The summed E-state index contributed by atoms with van der Waals surface area (Å²) in [5.41, 5.74) is 0. The Morgan fingerprint density at radius 1 is 1.57 bits per heavy atom. The van der Waals surface area contributed by atoms with E-state index in [2.05, 4.69) is 31.8 Å². The first kappa shape index (κ1) is 13.2. The van der Waals surface area contributed by atoms with Crippen LogP contribution in [-0.2, 0) is 4.74 Å². The highest BCUT2D eigenvalue weighted by Gasteiger charge is 2.06. The van der Waals surface area contributed by atoms with Gasteiger partial charge in [0.05, 0.1) is 7.11 Å². The van der Waals surface area contributed by atoms with Crippen LogP contribution >= 0.6 is 0 Å². The summed E-state index contributed by atoms with van der Waals surface area (Å²) in [6.07, 6.45) is 6.44. The van der Waals surface area contributed by atoms with Crippen molar-refractivity contribution in [2.24, 2.45) is 5.92 Å². The Balaban J connectivity index is 4.01. The summed E-state index contributed by atoms with van der Waals surface area (Å²) in [5, 5.41) is 3.24. The number of hydrogen-bond acceptors (Lipinski definition) is 2. The molecule has 0 aromatic heterocycles. The van der Waals surface area contributed by atoms with Crippen LogP contribution in [-0.4, -0.2) is 20.2 Å². The first-order chi connectivity index (χ1) is 6.63. The maximum atomic E-state index is 4.98. The topological polar surface area (TPSA) is 21.3 Å². The van der Waals surface area contributed by atoms with Gasteiger partial charge in [0.15, 0.2) is 0 Å². The Morgan fingerprint density at radius 2 is 2.21 bits per heavy atom. The molecule has 0 saturated carbocycles. The Kier molecular flexibility index (Phi) is 7.21. The lowest BCUT2D eigenvalue weighted by Gasteiger charge is -2.15. The summed E-state index contributed by atoms with van der Waals surface area (Å²) in [6.45, 7) is 8.15. The van der Waals surface area contributed by atoms with Crippen LogP contribution in [0.1, 0.15) is 26.7 Å². The maximum absolute atomic E-state index is 4.98. The lowest BCUT2D eigenvalue weighted by atomic mass is 9.97. The van der Waals surface area contributed by atoms with E-state index in [0.717, 1.165) is 18.6 Å². The van der Waals surface area contributed by atoms with Crippen LogP contribution in [0.15, 0.2) is 24.5 Å². The van der Waals surface area contributed by atoms with Crippen molar-refractivity contribution in [2.75, 3.05) is 14.2 Å². The molecule has 2 atom stereocenters. The second-order valence-corrected chi connectivity index (χ2v) is 3.62. The van der Waals surface area contributed by atoms with Gasteiger partial charge < -0.3 is 10.1 Å². The van der Waals surface area contributed by atoms with E-state index in [0.29, 0.717) is 12.0 Å². The number of nitrogens with one attached hydrogen (secondary N) is 1. The summed E-state index contributed by atoms with van der Waals surface area (Å²) in [5.74, 6) is 1.32. The fourth-order valence-electron chi connectivity index (χ4n) is 1.26. The van der Waals surface area contributed by atoms with Crippen LogP contribution in [0.2, 0.25) is 0 Å². The normalized spacial score (nSPS) is 15.4. The maximum Gasteiger partial charge on any atom is 0.111 e. The average molecular weight is 197 g/mol. The zero-order valence-electron chi connectivity index (χ0n) is 9.84. The fourth-order valence-corrected chi connectivity index (χ4v) is 1.26. The van der Waals surface area contributed by atoms with Gasteiger partial charge >= 0.3 is 0 Å². The molecule has 0 radical (unpaired) electrons. The van der Waals surface area contributed by atoms with Crippen molar-refractivity contribution in [1.82, 2.24) is 5.32 Å². The predicted octanol–water partition coefficient (Wildman–Crippen LogP) is 2.73. The molecular formula is C12H23NO. The quantitative estimate of drug-likeness (QED) is 0.500. The number of allylic oxidation sites excluding steroid dienone is 2. The molecule has 2 unspecified atom stereocenters. The van der Waals surface area contributed by atoms with Crippen LogP contribution in [0.3, 0.4) is 0 Å². The SMILES string of the molecule is C=C(/C=C\C(CC)CC(C)NC)OC. The molecule has 0 fully saturated rings. The second-order valence-electron chi connectivity index (χ2n) is 3.62. The summed E-state index contributed by atoms with van der Waals surface area (Å²) < 4.78 is 4.98. The Morgan fingerprint density at radius 3 is 2.64 bits per heavy atom. The molecule has 1 N–H and O–H groups in total. The molecule has 0 spiro atoms. The predicted molar refractivity (Wildman–Crippen MR) is 62.2 cm³/mol. The van der Waals surface area contributed by atoms with E-state index in [1.165, 1.54) is 0 Å². The molecule has 0 bridgehead atoms. The molecule has 0 aromatic carbocycles. The highest BCUT2D eigenvalue weighted by atomic mass is 16.5. The number of rotatable bonds is 7. The van der Waals surface area contributed by atoms with Crippen molar-refractivity contribution in [1.29, 1.82) is 0 Å². The smallest absolute Gasteiger partial charge is 0.111 e. The minimum absolute atomic E-state index is 0.556. The van der Waals surface area contributed by atoms with Gasteiger partial charge in [-0.05, 0) is 38.8 Å². The first-order valence-corrected chi connectivity index (χ1v) is 5.22. The lowest BCUT2D eigenvalue weighted by Crippen LogP contribution is -2.23. The third-order valence-electron chi connectivity index (χ3n) is 2.49. The molecule has 0 aliphatic heterocycles.